The predicted molar refractivity (Wildman–Crippen MR) is 49.1 cm³/mol. The van der Waals surface area contributed by atoms with Crippen molar-refractivity contribution in [3.8, 4) is 0 Å². The molecule has 1 heterocycles. The van der Waals surface area contributed by atoms with Crippen molar-refractivity contribution < 1.29 is 9.59 Å². The summed E-state index contributed by atoms with van der Waals surface area (Å²) in [5.41, 5.74) is 0.887. The summed E-state index contributed by atoms with van der Waals surface area (Å²) in [4.78, 5) is 23.8. The summed E-state index contributed by atoms with van der Waals surface area (Å²) in [6, 6.07) is -0.704. The van der Waals surface area contributed by atoms with E-state index in [0.717, 1.165) is 12.0 Å². The van der Waals surface area contributed by atoms with Gasteiger partial charge in [-0.3, -0.25) is 9.69 Å². The normalized spacial score (nSPS) is 22.0. The molecule has 1 aliphatic heterocycles. The summed E-state index contributed by atoms with van der Waals surface area (Å²) in [7, 11) is 0. The van der Waals surface area contributed by atoms with Gasteiger partial charge in [-0.05, 0) is 13.3 Å². The van der Waals surface area contributed by atoms with Crippen LogP contribution in [0, 0.1) is 0 Å². The van der Waals surface area contributed by atoms with E-state index in [1.54, 1.807) is 6.92 Å². The minimum atomic E-state index is -0.392. The van der Waals surface area contributed by atoms with Crippen molar-refractivity contribution in [1.29, 1.82) is 0 Å². The van der Waals surface area contributed by atoms with E-state index in [1.807, 2.05) is 6.92 Å². The third-order valence-electron chi connectivity index (χ3n) is 2.10. The summed E-state index contributed by atoms with van der Waals surface area (Å²) < 4.78 is 0. The van der Waals surface area contributed by atoms with Gasteiger partial charge in [0.15, 0.2) is 0 Å². The minimum absolute atomic E-state index is 0.167. The average Bonchev–Trinajstić information content (AvgIpc) is 2.32. The van der Waals surface area contributed by atoms with Gasteiger partial charge in [0.25, 0.3) is 5.91 Å². The molecule has 1 rings (SSSR count). The quantitative estimate of drug-likeness (QED) is 0.520. The topological polar surface area (TPSA) is 49.4 Å². The van der Waals surface area contributed by atoms with Crippen molar-refractivity contribution in [3.05, 3.63) is 12.2 Å². The molecule has 0 aromatic carbocycles. The van der Waals surface area contributed by atoms with Crippen LogP contribution in [-0.2, 0) is 4.79 Å². The van der Waals surface area contributed by atoms with E-state index in [1.165, 1.54) is 4.90 Å². The Kier molecular flexibility index (Phi) is 2.70. The molecule has 4 nitrogen and oxygen atoms in total. The van der Waals surface area contributed by atoms with E-state index in [9.17, 15) is 9.59 Å². The summed E-state index contributed by atoms with van der Waals surface area (Å²) in [5.74, 6) is -0.167. The molecular formula is C9H14N2O2. The van der Waals surface area contributed by atoms with Crippen LogP contribution in [0.25, 0.3) is 0 Å². The molecule has 1 atom stereocenters. The van der Waals surface area contributed by atoms with E-state index in [0.29, 0.717) is 6.54 Å². The van der Waals surface area contributed by atoms with Crippen LogP contribution in [-0.4, -0.2) is 29.4 Å². The standard InChI is InChI=1S/C9H14N2O2/c1-4-6(2)5-11-8(12)7(3)10-9(11)13/h7H,2,4-5H2,1,3H3,(H,10,13). The van der Waals surface area contributed by atoms with Crippen LogP contribution in [0.15, 0.2) is 12.2 Å². The molecular weight excluding hydrogens is 168 g/mol. The SMILES string of the molecule is C=C(CC)CN1C(=O)NC(C)C1=O. The van der Waals surface area contributed by atoms with Gasteiger partial charge in [-0.1, -0.05) is 19.1 Å². The number of nitrogens with one attached hydrogen (secondary N) is 1. The van der Waals surface area contributed by atoms with E-state index < -0.39 is 6.04 Å². The van der Waals surface area contributed by atoms with Crippen LogP contribution in [0.1, 0.15) is 20.3 Å². The Morgan fingerprint density at radius 3 is 2.62 bits per heavy atom. The molecule has 0 aromatic rings. The molecule has 0 bridgehead atoms. The first-order chi connectivity index (χ1) is 6.06. The second kappa shape index (κ2) is 3.60. The number of urea groups is 1. The third-order valence-corrected chi connectivity index (χ3v) is 2.10. The monoisotopic (exact) mass is 182 g/mol. The zero-order chi connectivity index (χ0) is 10.0. The van der Waals surface area contributed by atoms with Crippen LogP contribution in [0.5, 0.6) is 0 Å². The maximum absolute atomic E-state index is 11.4. The van der Waals surface area contributed by atoms with Crippen LogP contribution < -0.4 is 5.32 Å². The average molecular weight is 182 g/mol. The van der Waals surface area contributed by atoms with Gasteiger partial charge in [-0.15, -0.1) is 0 Å². The number of nitrogens with zero attached hydrogens (tertiary/aromatic N) is 1. The Morgan fingerprint density at radius 1 is 1.62 bits per heavy atom. The minimum Gasteiger partial charge on any atom is -0.326 e. The fourth-order valence-corrected chi connectivity index (χ4v) is 1.14. The fourth-order valence-electron chi connectivity index (χ4n) is 1.14. The molecule has 72 valence electrons. The second-order valence-corrected chi connectivity index (χ2v) is 3.20. The Bertz CT molecular complexity index is 260. The lowest BCUT2D eigenvalue weighted by Gasteiger charge is -2.12. The van der Waals surface area contributed by atoms with Gasteiger partial charge >= 0.3 is 6.03 Å². The number of rotatable bonds is 3. The Morgan fingerprint density at radius 2 is 2.23 bits per heavy atom. The molecule has 1 N–H and O–H groups in total. The maximum atomic E-state index is 11.4. The summed E-state index contributed by atoms with van der Waals surface area (Å²) in [6.07, 6.45) is 0.783. The van der Waals surface area contributed by atoms with Crippen LogP contribution >= 0.6 is 0 Å². The van der Waals surface area contributed by atoms with E-state index in [2.05, 4.69) is 11.9 Å². The van der Waals surface area contributed by atoms with Crippen molar-refractivity contribution in [3.63, 3.8) is 0 Å². The molecule has 1 aliphatic rings. The first-order valence-corrected chi connectivity index (χ1v) is 4.34. The molecule has 13 heavy (non-hydrogen) atoms. The molecule has 0 aliphatic carbocycles. The highest BCUT2D eigenvalue weighted by atomic mass is 16.2. The summed E-state index contributed by atoms with van der Waals surface area (Å²) >= 11 is 0. The summed E-state index contributed by atoms with van der Waals surface area (Å²) in [6.45, 7) is 7.72. The van der Waals surface area contributed by atoms with Crippen LogP contribution in [0.3, 0.4) is 0 Å². The number of hydrogen-bond acceptors (Lipinski definition) is 2. The highest BCUT2D eigenvalue weighted by Gasteiger charge is 2.34. The molecule has 1 fully saturated rings. The molecule has 0 spiro atoms. The molecule has 3 amide bonds. The van der Waals surface area contributed by atoms with E-state index in [-0.39, 0.29) is 11.9 Å². The Balaban J connectivity index is 2.64. The van der Waals surface area contributed by atoms with Crippen molar-refractivity contribution in [2.24, 2.45) is 0 Å². The first kappa shape index (κ1) is 9.77. The highest BCUT2D eigenvalue weighted by Crippen LogP contribution is 2.09. The lowest BCUT2D eigenvalue weighted by Crippen LogP contribution is -2.32. The molecule has 1 unspecified atom stereocenters. The predicted octanol–water partition coefficient (Wildman–Crippen LogP) is 0.893. The molecule has 0 saturated carbocycles. The number of carbonyl (C=O) groups is 2. The van der Waals surface area contributed by atoms with Gasteiger partial charge in [0.2, 0.25) is 0 Å². The Hall–Kier alpha value is -1.32. The van der Waals surface area contributed by atoms with Crippen molar-refractivity contribution in [2.75, 3.05) is 6.54 Å². The molecule has 4 heteroatoms. The zero-order valence-corrected chi connectivity index (χ0v) is 7.96. The number of carbonyl (C=O) groups excluding carboxylic acids is 2. The van der Waals surface area contributed by atoms with Gasteiger partial charge in [0.05, 0.1) is 6.54 Å². The first-order valence-electron chi connectivity index (χ1n) is 4.34. The molecule has 1 saturated heterocycles. The van der Waals surface area contributed by atoms with Crippen LogP contribution in [0.2, 0.25) is 0 Å². The van der Waals surface area contributed by atoms with Crippen LogP contribution in [0.4, 0.5) is 4.79 Å². The molecule has 0 radical (unpaired) electrons. The summed E-state index contributed by atoms with van der Waals surface area (Å²) in [5, 5.41) is 2.54. The lowest BCUT2D eigenvalue weighted by atomic mass is 10.2. The lowest BCUT2D eigenvalue weighted by molar-refractivity contribution is -0.126. The van der Waals surface area contributed by atoms with Crippen molar-refractivity contribution >= 4 is 11.9 Å². The van der Waals surface area contributed by atoms with E-state index >= 15 is 0 Å². The number of hydrogen-bond donors (Lipinski definition) is 1. The van der Waals surface area contributed by atoms with Crippen molar-refractivity contribution in [2.45, 2.75) is 26.3 Å². The van der Waals surface area contributed by atoms with Gasteiger partial charge in [-0.25, -0.2) is 4.79 Å². The van der Waals surface area contributed by atoms with Gasteiger partial charge in [0.1, 0.15) is 6.04 Å². The number of imide groups is 1. The molecule has 0 aromatic heterocycles. The van der Waals surface area contributed by atoms with Gasteiger partial charge in [-0.2, -0.15) is 0 Å². The van der Waals surface area contributed by atoms with E-state index in [4.69, 9.17) is 0 Å². The fraction of sp³-hybridized carbons (Fsp3) is 0.556. The largest absolute Gasteiger partial charge is 0.326 e. The maximum Gasteiger partial charge on any atom is 0.325 e. The van der Waals surface area contributed by atoms with Gasteiger partial charge < -0.3 is 5.32 Å². The highest BCUT2D eigenvalue weighted by molar-refractivity contribution is 6.04. The van der Waals surface area contributed by atoms with Crippen molar-refractivity contribution in [1.82, 2.24) is 10.2 Å². The zero-order valence-electron chi connectivity index (χ0n) is 7.96. The third kappa shape index (κ3) is 1.88. The second-order valence-electron chi connectivity index (χ2n) is 3.20. The van der Waals surface area contributed by atoms with Gasteiger partial charge in [0, 0.05) is 0 Å². The smallest absolute Gasteiger partial charge is 0.325 e. The number of amides is 3. The Labute approximate surface area is 77.6 Å².